The van der Waals surface area contributed by atoms with Gasteiger partial charge < -0.3 is 9.84 Å². The van der Waals surface area contributed by atoms with Crippen LogP contribution >= 0.6 is 0 Å². The Morgan fingerprint density at radius 3 is 2.59 bits per heavy atom. The molecule has 156 valence electrons. The average Bonchev–Trinajstić information content (AvgIpc) is 3.52. The summed E-state index contributed by atoms with van der Waals surface area (Å²) in [7, 11) is 0. The van der Waals surface area contributed by atoms with Crippen LogP contribution in [0.1, 0.15) is 21.9 Å². The molecule has 0 radical (unpaired) electrons. The van der Waals surface area contributed by atoms with Crippen molar-refractivity contribution in [1.82, 2.24) is 30.1 Å². The van der Waals surface area contributed by atoms with Crippen molar-refractivity contribution in [2.24, 2.45) is 0 Å². The molecule has 32 heavy (non-hydrogen) atoms. The molecule has 0 spiro atoms. The lowest BCUT2D eigenvalue weighted by molar-refractivity contribution is 0.102. The first kappa shape index (κ1) is 19.3. The maximum Gasteiger partial charge on any atom is 0.277 e. The zero-order valence-electron chi connectivity index (χ0n) is 16.8. The number of carbonyl (C=O) groups excluding carboxylic acids is 1. The van der Waals surface area contributed by atoms with Gasteiger partial charge in [0.15, 0.2) is 5.69 Å². The van der Waals surface area contributed by atoms with Crippen LogP contribution in [0.2, 0.25) is 0 Å². The summed E-state index contributed by atoms with van der Waals surface area (Å²) in [4.78, 5) is 22.6. The van der Waals surface area contributed by atoms with Crippen LogP contribution in [0.3, 0.4) is 0 Å². The first-order valence-corrected chi connectivity index (χ1v) is 9.86. The van der Waals surface area contributed by atoms with Crippen LogP contribution in [0.15, 0.2) is 89.8 Å². The molecule has 2 aromatic carbocycles. The summed E-state index contributed by atoms with van der Waals surface area (Å²) >= 11 is 0. The third kappa shape index (κ3) is 4.12. The minimum atomic E-state index is -0.359. The number of carbonyl (C=O) groups is 1. The van der Waals surface area contributed by atoms with Crippen LogP contribution in [0.25, 0.3) is 17.1 Å². The Kier molecular flexibility index (Phi) is 5.19. The Balaban J connectivity index is 1.33. The number of rotatable bonds is 6. The number of pyridine rings is 1. The van der Waals surface area contributed by atoms with Crippen LogP contribution in [0.5, 0.6) is 0 Å². The first-order valence-electron chi connectivity index (χ1n) is 9.86. The molecule has 0 aliphatic heterocycles. The number of aromatic nitrogens is 6. The fourth-order valence-electron chi connectivity index (χ4n) is 3.14. The number of nitrogens with zero attached hydrogens (tertiary/aromatic N) is 6. The predicted molar refractivity (Wildman–Crippen MR) is 116 cm³/mol. The molecule has 9 heteroatoms. The Bertz CT molecular complexity index is 1350. The van der Waals surface area contributed by atoms with Gasteiger partial charge in [0.05, 0.1) is 18.3 Å². The van der Waals surface area contributed by atoms with Gasteiger partial charge in [-0.05, 0) is 35.9 Å². The maximum absolute atomic E-state index is 12.8. The summed E-state index contributed by atoms with van der Waals surface area (Å²) in [5.41, 5.74) is 3.27. The normalized spacial score (nSPS) is 10.8. The van der Waals surface area contributed by atoms with E-state index in [9.17, 15) is 4.79 Å². The van der Waals surface area contributed by atoms with E-state index in [-0.39, 0.29) is 11.6 Å². The van der Waals surface area contributed by atoms with Gasteiger partial charge in [0.2, 0.25) is 11.7 Å². The topological polar surface area (TPSA) is 112 Å². The minimum absolute atomic E-state index is 0.210. The summed E-state index contributed by atoms with van der Waals surface area (Å²) in [6.45, 7) is 0. The first-order chi connectivity index (χ1) is 15.8. The molecule has 3 aromatic heterocycles. The highest BCUT2D eigenvalue weighted by Crippen LogP contribution is 2.21. The van der Waals surface area contributed by atoms with E-state index in [0.717, 1.165) is 16.8 Å². The number of benzene rings is 2. The molecule has 1 N–H and O–H groups in total. The Morgan fingerprint density at radius 1 is 0.969 bits per heavy atom. The number of nitrogens with one attached hydrogen (secondary N) is 1. The van der Waals surface area contributed by atoms with E-state index in [2.05, 4.69) is 30.6 Å². The molecular weight excluding hydrogens is 406 g/mol. The highest BCUT2D eigenvalue weighted by molar-refractivity contribution is 6.03. The van der Waals surface area contributed by atoms with Gasteiger partial charge in [0.1, 0.15) is 0 Å². The van der Waals surface area contributed by atoms with Gasteiger partial charge in [-0.15, -0.1) is 5.10 Å². The molecule has 9 nitrogen and oxygen atoms in total. The van der Waals surface area contributed by atoms with Crippen molar-refractivity contribution < 1.29 is 9.32 Å². The van der Waals surface area contributed by atoms with Crippen molar-refractivity contribution in [2.75, 3.05) is 5.32 Å². The molecule has 0 aliphatic rings. The summed E-state index contributed by atoms with van der Waals surface area (Å²) in [6.07, 6.45) is 5.14. The van der Waals surface area contributed by atoms with Crippen LogP contribution < -0.4 is 5.32 Å². The quantitative estimate of drug-likeness (QED) is 0.444. The fraction of sp³-hybridized carbons (Fsp3) is 0.0435. The Labute approximate surface area is 182 Å². The van der Waals surface area contributed by atoms with E-state index in [4.69, 9.17) is 4.52 Å². The second-order valence-electron chi connectivity index (χ2n) is 6.89. The fourth-order valence-corrected chi connectivity index (χ4v) is 3.14. The lowest BCUT2D eigenvalue weighted by Crippen LogP contribution is -2.14. The van der Waals surface area contributed by atoms with Crippen LogP contribution in [-0.2, 0) is 6.42 Å². The van der Waals surface area contributed by atoms with Gasteiger partial charge in [0.25, 0.3) is 5.91 Å². The van der Waals surface area contributed by atoms with Crippen molar-refractivity contribution in [3.8, 4) is 17.1 Å². The molecular formula is C23H17N7O2. The van der Waals surface area contributed by atoms with E-state index >= 15 is 0 Å². The zero-order chi connectivity index (χ0) is 21.8. The van der Waals surface area contributed by atoms with E-state index in [0.29, 0.717) is 23.8 Å². The Hall–Kier alpha value is -4.66. The van der Waals surface area contributed by atoms with E-state index in [1.165, 1.54) is 11.0 Å². The molecule has 5 rings (SSSR count). The van der Waals surface area contributed by atoms with Gasteiger partial charge >= 0.3 is 0 Å². The number of amides is 1. The van der Waals surface area contributed by atoms with Gasteiger partial charge in [0, 0.05) is 23.6 Å². The summed E-state index contributed by atoms with van der Waals surface area (Å²) in [5.74, 6) is 0.567. The van der Waals surface area contributed by atoms with E-state index in [1.54, 1.807) is 12.4 Å². The molecule has 3 heterocycles. The van der Waals surface area contributed by atoms with Gasteiger partial charge in [-0.3, -0.25) is 9.78 Å². The second kappa shape index (κ2) is 8.60. The predicted octanol–water partition coefficient (Wildman–Crippen LogP) is 3.56. The molecule has 0 unspecified atom stereocenters. The molecule has 1 amide bonds. The molecule has 5 aromatic rings. The van der Waals surface area contributed by atoms with E-state index < -0.39 is 0 Å². The molecule has 0 saturated heterocycles. The van der Waals surface area contributed by atoms with Crippen molar-refractivity contribution in [3.63, 3.8) is 0 Å². The standard InChI is InChI=1S/C23H17N7O2/c31-23(20-15-25-30(28-20)18-7-2-1-3-8-18)26-19-9-5-4-6-17(19)14-21-27-22(29-32-21)16-10-12-24-13-11-16/h1-13,15H,14H2,(H,26,31). The lowest BCUT2D eigenvalue weighted by atomic mass is 10.1. The maximum atomic E-state index is 12.8. The summed E-state index contributed by atoms with van der Waals surface area (Å²) in [5, 5.41) is 15.4. The van der Waals surface area contributed by atoms with Crippen molar-refractivity contribution in [1.29, 1.82) is 0 Å². The van der Waals surface area contributed by atoms with Crippen LogP contribution in [0, 0.1) is 0 Å². The molecule has 0 fully saturated rings. The summed E-state index contributed by atoms with van der Waals surface area (Å²) in [6, 6.07) is 20.5. The number of anilines is 1. The lowest BCUT2D eigenvalue weighted by Gasteiger charge is -2.08. The Morgan fingerprint density at radius 2 is 1.75 bits per heavy atom. The van der Waals surface area contributed by atoms with Crippen molar-refractivity contribution in [2.45, 2.75) is 6.42 Å². The highest BCUT2D eigenvalue weighted by Gasteiger charge is 2.16. The second-order valence-corrected chi connectivity index (χ2v) is 6.89. The smallest absolute Gasteiger partial charge is 0.277 e. The number of para-hydroxylation sites is 2. The highest BCUT2D eigenvalue weighted by atomic mass is 16.5. The van der Waals surface area contributed by atoms with Gasteiger partial charge in [-0.1, -0.05) is 41.6 Å². The minimum Gasteiger partial charge on any atom is -0.339 e. The van der Waals surface area contributed by atoms with Crippen LogP contribution in [-0.4, -0.2) is 36.0 Å². The summed E-state index contributed by atoms with van der Waals surface area (Å²) < 4.78 is 5.40. The molecule has 0 aliphatic carbocycles. The van der Waals surface area contributed by atoms with Crippen molar-refractivity contribution >= 4 is 11.6 Å². The van der Waals surface area contributed by atoms with E-state index in [1.807, 2.05) is 66.7 Å². The molecule has 0 saturated carbocycles. The molecule has 0 bridgehead atoms. The third-order valence-electron chi connectivity index (χ3n) is 4.73. The average molecular weight is 423 g/mol. The van der Waals surface area contributed by atoms with Crippen LogP contribution in [0.4, 0.5) is 5.69 Å². The SMILES string of the molecule is O=C(Nc1ccccc1Cc1nc(-c2ccncc2)no1)c1cnn(-c2ccccc2)n1. The number of hydrogen-bond acceptors (Lipinski definition) is 7. The zero-order valence-corrected chi connectivity index (χ0v) is 16.8. The number of hydrogen-bond donors (Lipinski definition) is 1. The van der Waals surface area contributed by atoms with Gasteiger partial charge in [-0.25, -0.2) is 0 Å². The van der Waals surface area contributed by atoms with Crippen molar-refractivity contribution in [3.05, 3.63) is 102 Å². The molecule has 0 atom stereocenters. The monoisotopic (exact) mass is 423 g/mol. The largest absolute Gasteiger partial charge is 0.339 e. The van der Waals surface area contributed by atoms with Gasteiger partial charge in [-0.2, -0.15) is 14.9 Å². The third-order valence-corrected chi connectivity index (χ3v) is 4.73.